The van der Waals surface area contributed by atoms with E-state index in [4.69, 9.17) is 0 Å². The second-order valence-electron chi connectivity index (χ2n) is 10.2. The minimum Gasteiger partial charge on any atom is -0.324 e. The van der Waals surface area contributed by atoms with Crippen LogP contribution < -0.4 is 10.6 Å². The lowest BCUT2D eigenvalue weighted by atomic mass is 9.94. The maximum Gasteiger partial charge on any atom is 0.255 e. The molecule has 3 heterocycles. The molecule has 1 aliphatic heterocycles. The van der Waals surface area contributed by atoms with Crippen LogP contribution in [0.1, 0.15) is 60.0 Å². The Labute approximate surface area is 230 Å². The first-order chi connectivity index (χ1) is 19.1. The van der Waals surface area contributed by atoms with Crippen molar-refractivity contribution in [1.82, 2.24) is 19.9 Å². The first-order valence-corrected chi connectivity index (χ1v) is 13.8. The Kier molecular flexibility index (Phi) is 8.58. The van der Waals surface area contributed by atoms with Crippen molar-refractivity contribution in [2.75, 3.05) is 30.3 Å². The molecule has 1 atom stereocenters. The van der Waals surface area contributed by atoms with Gasteiger partial charge in [0.15, 0.2) is 0 Å². The monoisotopic (exact) mass is 520 g/mol. The first-order valence-electron chi connectivity index (χ1n) is 13.8. The second-order valence-corrected chi connectivity index (χ2v) is 10.2. The molecule has 0 saturated carbocycles. The van der Waals surface area contributed by atoms with Crippen LogP contribution in [0.2, 0.25) is 0 Å². The maximum absolute atomic E-state index is 13.1. The highest BCUT2D eigenvalue weighted by atomic mass is 16.1. The van der Waals surface area contributed by atoms with Gasteiger partial charge in [-0.1, -0.05) is 31.5 Å². The van der Waals surface area contributed by atoms with Gasteiger partial charge in [0.2, 0.25) is 5.95 Å². The molecule has 1 unspecified atom stereocenters. The minimum atomic E-state index is -0.153. The number of pyridine rings is 1. The van der Waals surface area contributed by atoms with E-state index in [0.717, 1.165) is 34.7 Å². The predicted octanol–water partition coefficient (Wildman–Crippen LogP) is 6.82. The van der Waals surface area contributed by atoms with E-state index < -0.39 is 0 Å². The number of hydrogen-bond donors (Lipinski definition) is 2. The number of aryl methyl sites for hydroxylation is 1. The minimum absolute atomic E-state index is 0.153. The standard InChI is InChI=1S/C32H36N6O/c1-3-18-38-19-5-4-7-27(22-38)24-11-13-28(14-12-24)35-31(39)25-10-9-23(2)30(20-25)37-32-34-17-15-29(36-32)26-8-6-16-33-21-26/h6,8-17,20-21,27H,3-5,7,18-19,22H2,1-2H3,(H,35,39)(H,34,36,37). The van der Waals surface area contributed by atoms with Gasteiger partial charge in [-0.05, 0) is 98.8 Å². The molecule has 2 N–H and O–H groups in total. The molecule has 7 nitrogen and oxygen atoms in total. The fourth-order valence-electron chi connectivity index (χ4n) is 5.17. The third-order valence-electron chi connectivity index (χ3n) is 7.29. The summed E-state index contributed by atoms with van der Waals surface area (Å²) in [5.41, 5.74) is 6.18. The van der Waals surface area contributed by atoms with Crippen LogP contribution in [0.4, 0.5) is 17.3 Å². The van der Waals surface area contributed by atoms with Gasteiger partial charge in [-0.15, -0.1) is 0 Å². The van der Waals surface area contributed by atoms with Crippen molar-refractivity contribution < 1.29 is 4.79 Å². The molecule has 39 heavy (non-hydrogen) atoms. The Morgan fingerprint density at radius 1 is 1.05 bits per heavy atom. The quantitative estimate of drug-likeness (QED) is 0.265. The molecule has 2 aromatic carbocycles. The van der Waals surface area contributed by atoms with Crippen LogP contribution in [0.3, 0.4) is 0 Å². The van der Waals surface area contributed by atoms with Crippen LogP contribution in [0, 0.1) is 6.92 Å². The fraction of sp³-hybridized carbons (Fsp3) is 0.312. The van der Waals surface area contributed by atoms with Crippen molar-refractivity contribution in [3.8, 4) is 11.3 Å². The molecule has 0 aliphatic carbocycles. The van der Waals surface area contributed by atoms with E-state index in [1.807, 2.05) is 55.5 Å². The van der Waals surface area contributed by atoms with E-state index in [1.165, 1.54) is 44.3 Å². The summed E-state index contributed by atoms with van der Waals surface area (Å²) < 4.78 is 0. The molecular formula is C32H36N6O. The molecule has 1 fully saturated rings. The number of nitrogens with zero attached hydrogens (tertiary/aromatic N) is 4. The number of carbonyl (C=O) groups excluding carboxylic acids is 1. The third-order valence-corrected chi connectivity index (χ3v) is 7.29. The van der Waals surface area contributed by atoms with E-state index in [0.29, 0.717) is 17.4 Å². The number of hydrogen-bond acceptors (Lipinski definition) is 6. The molecule has 0 bridgehead atoms. The third kappa shape index (κ3) is 6.86. The summed E-state index contributed by atoms with van der Waals surface area (Å²) >= 11 is 0. The summed E-state index contributed by atoms with van der Waals surface area (Å²) in [4.78, 5) is 28.9. The fourth-order valence-corrected chi connectivity index (χ4v) is 5.17. The van der Waals surface area contributed by atoms with Gasteiger partial charge < -0.3 is 15.5 Å². The van der Waals surface area contributed by atoms with Crippen LogP contribution in [-0.4, -0.2) is 45.4 Å². The normalized spacial score (nSPS) is 15.9. The van der Waals surface area contributed by atoms with Crippen LogP contribution in [-0.2, 0) is 0 Å². The maximum atomic E-state index is 13.1. The lowest BCUT2D eigenvalue weighted by molar-refractivity contribution is 0.102. The lowest BCUT2D eigenvalue weighted by Gasteiger charge is -2.24. The average molecular weight is 521 g/mol. The van der Waals surface area contributed by atoms with E-state index in [-0.39, 0.29) is 5.91 Å². The molecule has 7 heteroatoms. The lowest BCUT2D eigenvalue weighted by Crippen LogP contribution is -2.28. The van der Waals surface area contributed by atoms with Crippen molar-refractivity contribution >= 4 is 23.2 Å². The van der Waals surface area contributed by atoms with Gasteiger partial charge >= 0.3 is 0 Å². The summed E-state index contributed by atoms with van der Waals surface area (Å²) in [5.74, 6) is 0.858. The molecule has 200 valence electrons. The van der Waals surface area contributed by atoms with Gasteiger partial charge in [0.1, 0.15) is 0 Å². The molecule has 4 aromatic rings. The SMILES string of the molecule is CCCN1CCCCC(c2ccc(NC(=O)c3ccc(C)c(Nc4nccc(-c5cccnc5)n4)c3)cc2)C1. The van der Waals surface area contributed by atoms with Crippen molar-refractivity contribution in [2.45, 2.75) is 45.4 Å². The van der Waals surface area contributed by atoms with Gasteiger partial charge in [0.25, 0.3) is 5.91 Å². The zero-order chi connectivity index (χ0) is 27.0. The summed E-state index contributed by atoms with van der Waals surface area (Å²) in [6, 6.07) is 19.7. The van der Waals surface area contributed by atoms with Gasteiger partial charge in [0.05, 0.1) is 5.69 Å². The summed E-state index contributed by atoms with van der Waals surface area (Å²) in [6.45, 7) is 7.73. The number of nitrogens with one attached hydrogen (secondary N) is 2. The highest BCUT2D eigenvalue weighted by Crippen LogP contribution is 2.28. The van der Waals surface area contributed by atoms with E-state index in [2.05, 4.69) is 49.5 Å². The Morgan fingerprint density at radius 3 is 2.72 bits per heavy atom. The zero-order valence-corrected chi connectivity index (χ0v) is 22.7. The molecule has 5 rings (SSSR count). The Balaban J connectivity index is 1.26. The number of benzene rings is 2. The van der Waals surface area contributed by atoms with Crippen molar-refractivity contribution in [3.63, 3.8) is 0 Å². The van der Waals surface area contributed by atoms with Gasteiger partial charge in [0, 0.05) is 47.6 Å². The Bertz CT molecular complexity index is 1390. The largest absolute Gasteiger partial charge is 0.324 e. The van der Waals surface area contributed by atoms with E-state index in [1.54, 1.807) is 18.6 Å². The smallest absolute Gasteiger partial charge is 0.255 e. The molecule has 0 radical (unpaired) electrons. The number of amides is 1. The highest BCUT2D eigenvalue weighted by molar-refractivity contribution is 6.05. The zero-order valence-electron chi connectivity index (χ0n) is 22.7. The van der Waals surface area contributed by atoms with Gasteiger partial charge in [-0.2, -0.15) is 0 Å². The van der Waals surface area contributed by atoms with E-state index >= 15 is 0 Å². The number of rotatable bonds is 8. The second kappa shape index (κ2) is 12.6. The Morgan fingerprint density at radius 2 is 1.92 bits per heavy atom. The summed E-state index contributed by atoms with van der Waals surface area (Å²) in [5, 5.41) is 6.33. The molecule has 1 aliphatic rings. The molecular weight excluding hydrogens is 484 g/mol. The molecule has 0 spiro atoms. The predicted molar refractivity (Wildman–Crippen MR) is 157 cm³/mol. The molecule has 1 amide bonds. The number of likely N-dealkylation sites (tertiary alicyclic amines) is 1. The van der Waals surface area contributed by atoms with Crippen molar-refractivity contribution in [3.05, 3.63) is 95.9 Å². The van der Waals surface area contributed by atoms with Crippen LogP contribution in [0.5, 0.6) is 0 Å². The Hall–Kier alpha value is -4.10. The van der Waals surface area contributed by atoms with Crippen LogP contribution in [0.25, 0.3) is 11.3 Å². The first kappa shape index (κ1) is 26.5. The number of anilines is 3. The number of aromatic nitrogens is 3. The topological polar surface area (TPSA) is 83.0 Å². The van der Waals surface area contributed by atoms with Gasteiger partial charge in [-0.25, -0.2) is 9.97 Å². The van der Waals surface area contributed by atoms with Crippen LogP contribution >= 0.6 is 0 Å². The van der Waals surface area contributed by atoms with Crippen LogP contribution in [0.15, 0.2) is 79.3 Å². The van der Waals surface area contributed by atoms with Crippen molar-refractivity contribution in [2.24, 2.45) is 0 Å². The van der Waals surface area contributed by atoms with Gasteiger partial charge in [-0.3, -0.25) is 9.78 Å². The molecule has 2 aromatic heterocycles. The average Bonchev–Trinajstić information content (AvgIpc) is 3.21. The number of carbonyl (C=O) groups is 1. The highest BCUT2D eigenvalue weighted by Gasteiger charge is 2.19. The molecule has 1 saturated heterocycles. The summed E-state index contributed by atoms with van der Waals surface area (Å²) in [7, 11) is 0. The van der Waals surface area contributed by atoms with Crippen molar-refractivity contribution in [1.29, 1.82) is 0 Å². The van der Waals surface area contributed by atoms with E-state index in [9.17, 15) is 4.79 Å². The summed E-state index contributed by atoms with van der Waals surface area (Å²) in [6.07, 6.45) is 10.2.